The van der Waals surface area contributed by atoms with Gasteiger partial charge in [-0.1, -0.05) is 40.5 Å². The summed E-state index contributed by atoms with van der Waals surface area (Å²) in [6, 6.07) is 0. The molecular formula is C17H30N2S. The zero-order valence-corrected chi connectivity index (χ0v) is 14.3. The van der Waals surface area contributed by atoms with E-state index in [4.69, 9.17) is 10.7 Å². The van der Waals surface area contributed by atoms with E-state index in [-0.39, 0.29) is 5.41 Å². The third kappa shape index (κ3) is 3.82. The van der Waals surface area contributed by atoms with Gasteiger partial charge in [-0.3, -0.25) is 0 Å². The molecule has 1 aromatic heterocycles. The largest absolute Gasteiger partial charge is 0.330 e. The van der Waals surface area contributed by atoms with Crippen molar-refractivity contribution in [3.05, 3.63) is 16.1 Å². The average molecular weight is 295 g/mol. The van der Waals surface area contributed by atoms with Crippen LogP contribution in [0.2, 0.25) is 0 Å². The summed E-state index contributed by atoms with van der Waals surface area (Å²) in [4.78, 5) is 4.87. The van der Waals surface area contributed by atoms with Crippen LogP contribution in [0, 0.1) is 17.8 Å². The molecule has 0 bridgehead atoms. The molecule has 1 fully saturated rings. The van der Waals surface area contributed by atoms with E-state index in [0.29, 0.717) is 5.92 Å². The van der Waals surface area contributed by atoms with Gasteiger partial charge in [-0.15, -0.1) is 11.3 Å². The molecular weight excluding hydrogens is 264 g/mol. The first-order valence-electron chi connectivity index (χ1n) is 8.09. The number of aromatic nitrogens is 1. The van der Waals surface area contributed by atoms with Crippen LogP contribution >= 0.6 is 11.3 Å². The Kier molecular flexibility index (Phi) is 5.25. The van der Waals surface area contributed by atoms with Crippen molar-refractivity contribution in [2.24, 2.45) is 23.5 Å². The van der Waals surface area contributed by atoms with Gasteiger partial charge in [0, 0.05) is 17.2 Å². The van der Waals surface area contributed by atoms with Crippen LogP contribution in [0.3, 0.4) is 0 Å². The number of nitrogens with zero attached hydrogens (tertiary/aromatic N) is 1. The summed E-state index contributed by atoms with van der Waals surface area (Å²) in [5.41, 5.74) is 7.40. The van der Waals surface area contributed by atoms with Crippen LogP contribution in [-0.2, 0) is 11.8 Å². The van der Waals surface area contributed by atoms with Gasteiger partial charge in [0.15, 0.2) is 0 Å². The van der Waals surface area contributed by atoms with E-state index in [0.717, 1.165) is 24.8 Å². The number of nitrogens with two attached hydrogens (primary N) is 1. The van der Waals surface area contributed by atoms with Gasteiger partial charge >= 0.3 is 0 Å². The van der Waals surface area contributed by atoms with E-state index in [2.05, 4.69) is 33.1 Å². The van der Waals surface area contributed by atoms with Crippen LogP contribution in [0.25, 0.3) is 0 Å². The Morgan fingerprint density at radius 1 is 1.30 bits per heavy atom. The maximum atomic E-state index is 5.99. The highest BCUT2D eigenvalue weighted by Crippen LogP contribution is 2.37. The van der Waals surface area contributed by atoms with Gasteiger partial charge < -0.3 is 5.73 Å². The molecule has 0 aliphatic heterocycles. The normalized spacial score (nSPS) is 27.8. The summed E-state index contributed by atoms with van der Waals surface area (Å²) in [5.74, 6) is 2.36. The first-order chi connectivity index (χ1) is 9.44. The maximum Gasteiger partial charge on any atom is 0.0931 e. The molecule has 1 aromatic rings. The minimum Gasteiger partial charge on any atom is -0.330 e. The summed E-state index contributed by atoms with van der Waals surface area (Å²) in [5, 5.41) is 3.56. The SMILES string of the molecule is CCC1CCC(CN)C(Cc2nc(C(C)(C)C)cs2)C1. The maximum absolute atomic E-state index is 5.99. The fourth-order valence-electron chi connectivity index (χ4n) is 3.33. The van der Waals surface area contributed by atoms with Crippen LogP contribution in [0.1, 0.15) is 64.1 Å². The first-order valence-corrected chi connectivity index (χ1v) is 8.97. The zero-order valence-electron chi connectivity index (χ0n) is 13.5. The Hall–Kier alpha value is -0.410. The Morgan fingerprint density at radius 3 is 2.60 bits per heavy atom. The molecule has 2 nitrogen and oxygen atoms in total. The summed E-state index contributed by atoms with van der Waals surface area (Å²) in [6.45, 7) is 9.89. The monoisotopic (exact) mass is 294 g/mol. The molecule has 114 valence electrons. The molecule has 3 heteroatoms. The topological polar surface area (TPSA) is 38.9 Å². The number of hydrogen-bond acceptors (Lipinski definition) is 3. The van der Waals surface area contributed by atoms with E-state index in [1.165, 1.54) is 36.4 Å². The van der Waals surface area contributed by atoms with Gasteiger partial charge in [0.1, 0.15) is 0 Å². The zero-order chi connectivity index (χ0) is 14.8. The summed E-state index contributed by atoms with van der Waals surface area (Å²) < 4.78 is 0. The predicted octanol–water partition coefficient (Wildman–Crippen LogP) is 4.38. The van der Waals surface area contributed by atoms with Crippen molar-refractivity contribution in [1.29, 1.82) is 0 Å². The molecule has 0 spiro atoms. The molecule has 3 atom stereocenters. The average Bonchev–Trinajstić information content (AvgIpc) is 2.87. The molecule has 1 aliphatic carbocycles. The fourth-order valence-corrected chi connectivity index (χ4v) is 4.44. The Balaban J connectivity index is 2.04. The lowest BCUT2D eigenvalue weighted by atomic mass is 9.72. The second-order valence-corrected chi connectivity index (χ2v) is 8.37. The molecule has 0 saturated heterocycles. The van der Waals surface area contributed by atoms with E-state index in [9.17, 15) is 0 Å². The summed E-state index contributed by atoms with van der Waals surface area (Å²) in [6.07, 6.45) is 6.50. The lowest BCUT2D eigenvalue weighted by Gasteiger charge is -2.35. The number of hydrogen-bond donors (Lipinski definition) is 1. The van der Waals surface area contributed by atoms with Gasteiger partial charge in [0.05, 0.1) is 10.7 Å². The second-order valence-electron chi connectivity index (χ2n) is 7.42. The molecule has 0 radical (unpaired) electrons. The lowest BCUT2D eigenvalue weighted by Crippen LogP contribution is -2.31. The van der Waals surface area contributed by atoms with Gasteiger partial charge in [-0.2, -0.15) is 0 Å². The fraction of sp³-hybridized carbons (Fsp3) is 0.824. The molecule has 20 heavy (non-hydrogen) atoms. The predicted molar refractivity (Wildman–Crippen MR) is 88.2 cm³/mol. The third-order valence-corrected chi connectivity index (χ3v) is 5.76. The van der Waals surface area contributed by atoms with Gasteiger partial charge in [-0.25, -0.2) is 4.98 Å². The molecule has 1 aliphatic rings. The van der Waals surface area contributed by atoms with Crippen molar-refractivity contribution < 1.29 is 0 Å². The Labute approximate surface area is 128 Å². The van der Waals surface area contributed by atoms with Crippen molar-refractivity contribution in [3.63, 3.8) is 0 Å². The highest BCUT2D eigenvalue weighted by molar-refractivity contribution is 7.09. The molecule has 3 unspecified atom stereocenters. The van der Waals surface area contributed by atoms with Crippen molar-refractivity contribution in [2.45, 2.75) is 65.2 Å². The van der Waals surface area contributed by atoms with E-state index in [1.807, 2.05) is 11.3 Å². The highest BCUT2D eigenvalue weighted by atomic mass is 32.1. The lowest BCUT2D eigenvalue weighted by molar-refractivity contribution is 0.179. The third-order valence-electron chi connectivity index (χ3n) is 4.89. The van der Waals surface area contributed by atoms with Crippen LogP contribution in [0.5, 0.6) is 0 Å². The summed E-state index contributed by atoms with van der Waals surface area (Å²) in [7, 11) is 0. The van der Waals surface area contributed by atoms with Crippen molar-refractivity contribution >= 4 is 11.3 Å². The van der Waals surface area contributed by atoms with Crippen molar-refractivity contribution in [3.8, 4) is 0 Å². The minimum atomic E-state index is 0.167. The highest BCUT2D eigenvalue weighted by Gasteiger charge is 2.30. The summed E-state index contributed by atoms with van der Waals surface area (Å²) >= 11 is 1.84. The first kappa shape index (κ1) is 16.0. The van der Waals surface area contributed by atoms with Gasteiger partial charge in [0.2, 0.25) is 0 Å². The molecule has 2 N–H and O–H groups in total. The van der Waals surface area contributed by atoms with E-state index in [1.54, 1.807) is 0 Å². The van der Waals surface area contributed by atoms with E-state index < -0.39 is 0 Å². The van der Waals surface area contributed by atoms with Crippen molar-refractivity contribution in [2.75, 3.05) is 6.54 Å². The number of thiazole rings is 1. The minimum absolute atomic E-state index is 0.167. The quantitative estimate of drug-likeness (QED) is 0.894. The van der Waals surface area contributed by atoms with Crippen LogP contribution in [0.15, 0.2) is 5.38 Å². The van der Waals surface area contributed by atoms with Gasteiger partial charge in [0.25, 0.3) is 0 Å². The Bertz CT molecular complexity index is 419. The smallest absolute Gasteiger partial charge is 0.0931 e. The molecule has 0 aromatic carbocycles. The molecule has 1 heterocycles. The van der Waals surface area contributed by atoms with Crippen LogP contribution in [0.4, 0.5) is 0 Å². The Morgan fingerprint density at radius 2 is 2.05 bits per heavy atom. The molecule has 0 amide bonds. The molecule has 1 saturated carbocycles. The number of rotatable bonds is 4. The van der Waals surface area contributed by atoms with E-state index >= 15 is 0 Å². The van der Waals surface area contributed by atoms with Gasteiger partial charge in [-0.05, 0) is 37.1 Å². The standard InChI is InChI=1S/C17H30N2S/c1-5-12-6-7-13(10-18)14(8-12)9-16-19-15(11-20-16)17(2,3)4/h11-14H,5-10,18H2,1-4H3. The second kappa shape index (κ2) is 6.57. The van der Waals surface area contributed by atoms with Crippen LogP contribution in [-0.4, -0.2) is 11.5 Å². The van der Waals surface area contributed by atoms with Crippen LogP contribution < -0.4 is 5.73 Å². The molecule has 2 rings (SSSR count). The van der Waals surface area contributed by atoms with Crippen molar-refractivity contribution in [1.82, 2.24) is 4.98 Å².